The predicted octanol–water partition coefficient (Wildman–Crippen LogP) is 0.691. The van der Waals surface area contributed by atoms with Crippen molar-refractivity contribution in [1.29, 1.82) is 0 Å². The lowest BCUT2D eigenvalue weighted by Crippen LogP contribution is -2.22. The zero-order valence-corrected chi connectivity index (χ0v) is 6.96. The van der Waals surface area contributed by atoms with E-state index in [4.69, 9.17) is 0 Å². The van der Waals surface area contributed by atoms with Crippen molar-refractivity contribution >= 4 is 0 Å². The van der Waals surface area contributed by atoms with E-state index >= 15 is 0 Å². The molecule has 0 saturated carbocycles. The fourth-order valence-electron chi connectivity index (χ4n) is 0.820. The van der Waals surface area contributed by atoms with E-state index in [0.717, 1.165) is 11.4 Å². The molecule has 62 valence electrons. The third-order valence-corrected chi connectivity index (χ3v) is 1.35. The Balaban J connectivity index is 2.72. The van der Waals surface area contributed by atoms with Crippen molar-refractivity contribution in [1.82, 2.24) is 10.3 Å². The normalized spacial score (nSPS) is 12.0. The van der Waals surface area contributed by atoms with Crippen LogP contribution in [0.5, 0.6) is 0 Å². The Labute approximate surface area is 65.2 Å². The number of aryl methyl sites for hydroxylation is 1. The molecule has 1 aromatic heterocycles. The number of rotatable bonds is 2. The van der Waals surface area contributed by atoms with Crippen molar-refractivity contribution in [2.75, 3.05) is 0 Å². The summed E-state index contributed by atoms with van der Waals surface area (Å²) in [7, 11) is 0. The minimum Gasteiger partial charge on any atom is -0.390 e. The summed E-state index contributed by atoms with van der Waals surface area (Å²) in [5, 5.41) is 16.7. The molecule has 0 aliphatic rings. The number of aromatic nitrogens is 2. The molecule has 0 radical (unpaired) electrons. The van der Waals surface area contributed by atoms with Crippen LogP contribution in [0.2, 0.25) is 0 Å². The van der Waals surface area contributed by atoms with Crippen molar-refractivity contribution < 1.29 is 9.74 Å². The maximum atomic E-state index is 9.40. The quantitative estimate of drug-likeness (QED) is 0.684. The lowest BCUT2D eigenvalue weighted by atomic mass is 10.0. The first-order valence-corrected chi connectivity index (χ1v) is 3.49. The van der Waals surface area contributed by atoms with E-state index in [0.29, 0.717) is 6.42 Å². The highest BCUT2D eigenvalue weighted by molar-refractivity contribution is 5.07. The molecule has 0 aliphatic heterocycles. The average Bonchev–Trinajstić information content (AvgIpc) is 2.12. The van der Waals surface area contributed by atoms with Gasteiger partial charge in [0.05, 0.1) is 5.60 Å². The van der Waals surface area contributed by atoms with Crippen LogP contribution in [-0.2, 0) is 6.42 Å². The lowest BCUT2D eigenvalue weighted by Gasteiger charge is -2.14. The van der Waals surface area contributed by atoms with Crippen LogP contribution >= 0.6 is 0 Å². The minimum absolute atomic E-state index is 0.475. The highest BCUT2D eigenvalue weighted by Gasteiger charge is 2.17. The molecule has 0 amide bonds. The summed E-state index contributed by atoms with van der Waals surface area (Å²) in [5.41, 5.74) is 0.716. The predicted molar refractivity (Wildman–Crippen MR) is 39.0 cm³/mol. The van der Waals surface area contributed by atoms with Gasteiger partial charge in [-0.25, -0.2) is 4.63 Å². The molecule has 4 nitrogen and oxygen atoms in total. The van der Waals surface area contributed by atoms with E-state index in [-0.39, 0.29) is 0 Å². The first-order chi connectivity index (χ1) is 4.99. The van der Waals surface area contributed by atoms with Crippen LogP contribution < -0.4 is 0 Å². The molecule has 1 heterocycles. The van der Waals surface area contributed by atoms with Gasteiger partial charge in [0.25, 0.3) is 0 Å². The Kier molecular flexibility index (Phi) is 1.95. The first kappa shape index (κ1) is 8.20. The van der Waals surface area contributed by atoms with Crippen molar-refractivity contribution in [2.45, 2.75) is 32.8 Å². The van der Waals surface area contributed by atoms with Gasteiger partial charge in [0.15, 0.2) is 0 Å². The molecule has 0 spiro atoms. The topological polar surface area (TPSA) is 59.2 Å². The fourth-order valence-corrected chi connectivity index (χ4v) is 0.820. The fraction of sp³-hybridized carbons (Fsp3) is 0.714. The number of hydrogen-bond acceptors (Lipinski definition) is 4. The van der Waals surface area contributed by atoms with Crippen molar-refractivity contribution in [3.63, 3.8) is 0 Å². The largest absolute Gasteiger partial charge is 0.390 e. The third-order valence-electron chi connectivity index (χ3n) is 1.35. The summed E-state index contributed by atoms with van der Waals surface area (Å²) < 4.78 is 4.48. The summed E-state index contributed by atoms with van der Waals surface area (Å²) in [6.07, 6.45) is 0.475. The molecule has 1 aromatic rings. The van der Waals surface area contributed by atoms with Gasteiger partial charge in [-0.1, -0.05) is 10.3 Å². The van der Waals surface area contributed by atoms with Crippen LogP contribution in [0, 0.1) is 6.92 Å². The Hall–Kier alpha value is -0.900. The Morgan fingerprint density at radius 2 is 2.09 bits per heavy atom. The molecule has 4 heteroatoms. The van der Waals surface area contributed by atoms with E-state index in [2.05, 4.69) is 14.9 Å². The molecule has 0 aliphatic carbocycles. The smallest absolute Gasteiger partial charge is 0.110 e. The molecule has 1 N–H and O–H groups in total. The van der Waals surface area contributed by atoms with E-state index in [1.54, 1.807) is 20.8 Å². The Morgan fingerprint density at radius 1 is 1.45 bits per heavy atom. The highest BCUT2D eigenvalue weighted by Crippen LogP contribution is 2.11. The maximum absolute atomic E-state index is 9.40. The molecular formula is C7H12N2O2. The van der Waals surface area contributed by atoms with Gasteiger partial charge >= 0.3 is 0 Å². The van der Waals surface area contributed by atoms with Gasteiger partial charge in [-0.05, 0) is 20.8 Å². The van der Waals surface area contributed by atoms with E-state index in [1.807, 2.05) is 0 Å². The molecule has 0 fully saturated rings. The van der Waals surface area contributed by atoms with Crippen molar-refractivity contribution in [2.24, 2.45) is 0 Å². The molecule has 0 aromatic carbocycles. The lowest BCUT2D eigenvalue weighted by molar-refractivity contribution is 0.0787. The monoisotopic (exact) mass is 156 g/mol. The second kappa shape index (κ2) is 2.62. The Bertz CT molecular complexity index is 237. The highest BCUT2D eigenvalue weighted by atomic mass is 16.6. The molecule has 0 saturated heterocycles. The van der Waals surface area contributed by atoms with Crippen molar-refractivity contribution in [3.8, 4) is 0 Å². The summed E-state index contributed by atoms with van der Waals surface area (Å²) in [5.74, 6) is 0. The van der Waals surface area contributed by atoms with Crippen molar-refractivity contribution in [3.05, 3.63) is 11.4 Å². The summed E-state index contributed by atoms with van der Waals surface area (Å²) in [4.78, 5) is 0. The number of nitrogens with zero attached hydrogens (tertiary/aromatic N) is 2. The number of hydrogen-bond donors (Lipinski definition) is 1. The maximum Gasteiger partial charge on any atom is 0.110 e. The second-order valence-electron chi connectivity index (χ2n) is 3.29. The standard InChI is InChI=1S/C7H12N2O2/c1-5-6(9-11-8-5)4-7(2,3)10/h10H,4H2,1-3H3. The zero-order chi connectivity index (χ0) is 8.48. The van der Waals surface area contributed by atoms with Gasteiger partial charge in [0, 0.05) is 6.42 Å². The Morgan fingerprint density at radius 3 is 2.45 bits per heavy atom. The molecule has 0 unspecified atom stereocenters. The van der Waals surface area contributed by atoms with Crippen LogP contribution in [0.3, 0.4) is 0 Å². The molecular weight excluding hydrogens is 144 g/mol. The van der Waals surface area contributed by atoms with E-state index in [1.165, 1.54) is 0 Å². The summed E-state index contributed by atoms with van der Waals surface area (Å²) in [6.45, 7) is 5.25. The van der Waals surface area contributed by atoms with Gasteiger partial charge in [0.2, 0.25) is 0 Å². The molecule has 11 heavy (non-hydrogen) atoms. The summed E-state index contributed by atoms with van der Waals surface area (Å²) in [6, 6.07) is 0. The zero-order valence-electron chi connectivity index (χ0n) is 6.96. The molecule has 1 rings (SSSR count). The summed E-state index contributed by atoms with van der Waals surface area (Å²) >= 11 is 0. The van der Waals surface area contributed by atoms with E-state index in [9.17, 15) is 5.11 Å². The van der Waals surface area contributed by atoms with Crippen LogP contribution in [-0.4, -0.2) is 21.0 Å². The van der Waals surface area contributed by atoms with Gasteiger partial charge < -0.3 is 5.11 Å². The van der Waals surface area contributed by atoms with Gasteiger partial charge in [-0.3, -0.25) is 0 Å². The average molecular weight is 156 g/mol. The second-order valence-corrected chi connectivity index (χ2v) is 3.29. The first-order valence-electron chi connectivity index (χ1n) is 3.49. The SMILES string of the molecule is Cc1nonc1CC(C)(C)O. The van der Waals surface area contributed by atoms with Gasteiger partial charge in [-0.2, -0.15) is 0 Å². The van der Waals surface area contributed by atoms with Crippen LogP contribution in [0.1, 0.15) is 25.2 Å². The number of aliphatic hydroxyl groups is 1. The van der Waals surface area contributed by atoms with Crippen LogP contribution in [0.15, 0.2) is 4.63 Å². The van der Waals surface area contributed by atoms with E-state index < -0.39 is 5.60 Å². The van der Waals surface area contributed by atoms with Gasteiger partial charge in [-0.15, -0.1) is 0 Å². The van der Waals surface area contributed by atoms with Crippen LogP contribution in [0.25, 0.3) is 0 Å². The van der Waals surface area contributed by atoms with Crippen LogP contribution in [0.4, 0.5) is 0 Å². The third kappa shape index (κ3) is 2.31. The molecule has 0 bridgehead atoms. The molecule has 0 atom stereocenters. The minimum atomic E-state index is -0.747. The van der Waals surface area contributed by atoms with Gasteiger partial charge in [0.1, 0.15) is 11.4 Å².